The van der Waals surface area contributed by atoms with Crippen molar-refractivity contribution < 1.29 is 9.59 Å². The van der Waals surface area contributed by atoms with Gasteiger partial charge in [0.15, 0.2) is 0 Å². The third-order valence-electron chi connectivity index (χ3n) is 2.85. The Balaban J connectivity index is 2.18. The number of carbonyl (C=O) groups is 2. The Labute approximate surface area is 96.1 Å². The number of rotatable bonds is 6. The van der Waals surface area contributed by atoms with Gasteiger partial charge in [0.1, 0.15) is 0 Å². The van der Waals surface area contributed by atoms with E-state index in [-0.39, 0.29) is 24.2 Å². The predicted octanol–water partition coefficient (Wildman–Crippen LogP) is -0.244. The summed E-state index contributed by atoms with van der Waals surface area (Å²) in [6.07, 6.45) is 3.59. The van der Waals surface area contributed by atoms with Crippen LogP contribution in [0.4, 0.5) is 0 Å². The normalized spacial score (nSPS) is 17.4. The minimum atomic E-state index is -0.286. The number of carbonyl (C=O) groups excluding carboxylic acids is 2. The molecular weight excluding hydrogens is 206 g/mol. The molecule has 0 aliphatic heterocycles. The quantitative estimate of drug-likeness (QED) is 0.585. The van der Waals surface area contributed by atoms with Gasteiger partial charge in [-0.15, -0.1) is 0 Å². The summed E-state index contributed by atoms with van der Waals surface area (Å²) >= 11 is 0. The second kappa shape index (κ2) is 6.48. The van der Waals surface area contributed by atoms with Crippen molar-refractivity contribution in [1.29, 1.82) is 0 Å². The van der Waals surface area contributed by atoms with Crippen LogP contribution in [0.15, 0.2) is 0 Å². The van der Waals surface area contributed by atoms with Gasteiger partial charge in [0.05, 0.1) is 0 Å². The van der Waals surface area contributed by atoms with Gasteiger partial charge in [0.2, 0.25) is 11.8 Å². The van der Waals surface area contributed by atoms with Crippen molar-refractivity contribution in [2.24, 2.45) is 11.7 Å². The first-order chi connectivity index (χ1) is 7.63. The standard InChI is InChI=1S/C11H21N3O2/c1-8(11(16)13-6-5-12)7-10(15)14-9-3-2-4-9/h8-9H,2-7,12H2,1H3,(H,13,16)(H,14,15)/t8-/m0/s1. The molecule has 5 heteroatoms. The molecule has 92 valence electrons. The van der Waals surface area contributed by atoms with Gasteiger partial charge in [-0.1, -0.05) is 6.92 Å². The Morgan fingerprint density at radius 3 is 2.62 bits per heavy atom. The average molecular weight is 227 g/mol. The van der Waals surface area contributed by atoms with Gasteiger partial charge in [0.25, 0.3) is 0 Å². The highest BCUT2D eigenvalue weighted by atomic mass is 16.2. The molecular formula is C11H21N3O2. The summed E-state index contributed by atoms with van der Waals surface area (Å²) in [6, 6.07) is 0.340. The number of amides is 2. The Morgan fingerprint density at radius 1 is 1.44 bits per heavy atom. The third kappa shape index (κ3) is 4.18. The van der Waals surface area contributed by atoms with E-state index in [0.29, 0.717) is 19.1 Å². The molecule has 1 saturated carbocycles. The minimum absolute atomic E-state index is 0.0277. The summed E-state index contributed by atoms with van der Waals surface area (Å²) in [4.78, 5) is 23.0. The van der Waals surface area contributed by atoms with Crippen LogP contribution in [0.3, 0.4) is 0 Å². The average Bonchev–Trinajstić information content (AvgIpc) is 2.20. The van der Waals surface area contributed by atoms with Crippen molar-refractivity contribution in [1.82, 2.24) is 10.6 Å². The van der Waals surface area contributed by atoms with E-state index in [9.17, 15) is 9.59 Å². The summed E-state index contributed by atoms with van der Waals surface area (Å²) in [6.45, 7) is 2.65. The van der Waals surface area contributed by atoms with E-state index in [4.69, 9.17) is 5.73 Å². The largest absolute Gasteiger partial charge is 0.355 e. The predicted molar refractivity (Wildman–Crippen MR) is 61.6 cm³/mol. The molecule has 4 N–H and O–H groups in total. The Kier molecular flexibility index (Phi) is 5.25. The number of hydrogen-bond acceptors (Lipinski definition) is 3. The Morgan fingerprint density at radius 2 is 2.12 bits per heavy atom. The van der Waals surface area contributed by atoms with Crippen LogP contribution in [0, 0.1) is 5.92 Å². The summed E-state index contributed by atoms with van der Waals surface area (Å²) in [7, 11) is 0. The lowest BCUT2D eigenvalue weighted by Crippen LogP contribution is -2.41. The highest BCUT2D eigenvalue weighted by molar-refractivity contribution is 5.85. The zero-order valence-electron chi connectivity index (χ0n) is 9.79. The molecule has 1 aliphatic rings. The summed E-state index contributed by atoms with van der Waals surface area (Å²) in [5.41, 5.74) is 5.28. The minimum Gasteiger partial charge on any atom is -0.355 e. The van der Waals surface area contributed by atoms with Crippen LogP contribution < -0.4 is 16.4 Å². The fourth-order valence-corrected chi connectivity index (χ4v) is 1.58. The Hall–Kier alpha value is -1.10. The molecule has 0 saturated heterocycles. The monoisotopic (exact) mass is 227 g/mol. The van der Waals surface area contributed by atoms with E-state index in [1.54, 1.807) is 6.92 Å². The molecule has 16 heavy (non-hydrogen) atoms. The summed E-state index contributed by atoms with van der Waals surface area (Å²) in [5, 5.41) is 5.59. The Bertz CT molecular complexity index is 252. The maximum atomic E-state index is 11.5. The number of nitrogens with two attached hydrogens (primary N) is 1. The van der Waals surface area contributed by atoms with Crippen molar-refractivity contribution in [3.8, 4) is 0 Å². The molecule has 0 unspecified atom stereocenters. The van der Waals surface area contributed by atoms with E-state index in [0.717, 1.165) is 12.8 Å². The zero-order chi connectivity index (χ0) is 12.0. The molecule has 1 rings (SSSR count). The third-order valence-corrected chi connectivity index (χ3v) is 2.85. The molecule has 1 atom stereocenters. The van der Waals surface area contributed by atoms with E-state index in [1.165, 1.54) is 6.42 Å². The second-order valence-electron chi connectivity index (χ2n) is 4.38. The molecule has 1 fully saturated rings. The van der Waals surface area contributed by atoms with Crippen LogP contribution in [0.2, 0.25) is 0 Å². The molecule has 0 spiro atoms. The van der Waals surface area contributed by atoms with Crippen LogP contribution in [0.25, 0.3) is 0 Å². The van der Waals surface area contributed by atoms with Crippen LogP contribution in [0.5, 0.6) is 0 Å². The zero-order valence-corrected chi connectivity index (χ0v) is 9.79. The van der Waals surface area contributed by atoms with Crippen LogP contribution >= 0.6 is 0 Å². The maximum Gasteiger partial charge on any atom is 0.223 e. The first-order valence-corrected chi connectivity index (χ1v) is 5.90. The molecule has 1 aliphatic carbocycles. The molecule has 0 heterocycles. The van der Waals surface area contributed by atoms with Gasteiger partial charge in [-0.25, -0.2) is 0 Å². The molecule has 0 bridgehead atoms. The van der Waals surface area contributed by atoms with Crippen LogP contribution in [-0.2, 0) is 9.59 Å². The fourth-order valence-electron chi connectivity index (χ4n) is 1.58. The first kappa shape index (κ1) is 13.0. The molecule has 0 radical (unpaired) electrons. The van der Waals surface area contributed by atoms with Gasteiger partial charge < -0.3 is 16.4 Å². The van der Waals surface area contributed by atoms with Crippen LogP contribution in [0.1, 0.15) is 32.6 Å². The molecule has 2 amide bonds. The number of nitrogens with one attached hydrogen (secondary N) is 2. The first-order valence-electron chi connectivity index (χ1n) is 5.90. The second-order valence-corrected chi connectivity index (χ2v) is 4.38. The van der Waals surface area contributed by atoms with Crippen molar-refractivity contribution in [2.75, 3.05) is 13.1 Å². The lowest BCUT2D eigenvalue weighted by Gasteiger charge is -2.26. The smallest absolute Gasteiger partial charge is 0.223 e. The van der Waals surface area contributed by atoms with Crippen molar-refractivity contribution in [3.05, 3.63) is 0 Å². The van der Waals surface area contributed by atoms with Gasteiger partial charge >= 0.3 is 0 Å². The summed E-state index contributed by atoms with van der Waals surface area (Å²) < 4.78 is 0. The highest BCUT2D eigenvalue weighted by Gasteiger charge is 2.22. The lowest BCUT2D eigenvalue weighted by molar-refractivity contribution is -0.130. The van der Waals surface area contributed by atoms with Crippen molar-refractivity contribution >= 4 is 11.8 Å². The fraction of sp³-hybridized carbons (Fsp3) is 0.818. The van der Waals surface area contributed by atoms with Crippen molar-refractivity contribution in [3.63, 3.8) is 0 Å². The number of hydrogen-bond donors (Lipinski definition) is 3. The van der Waals surface area contributed by atoms with E-state index in [1.807, 2.05) is 0 Å². The molecule has 0 aromatic heterocycles. The van der Waals surface area contributed by atoms with Crippen molar-refractivity contribution in [2.45, 2.75) is 38.6 Å². The van der Waals surface area contributed by atoms with Crippen LogP contribution in [-0.4, -0.2) is 30.9 Å². The maximum absolute atomic E-state index is 11.5. The van der Waals surface area contributed by atoms with Gasteiger partial charge in [-0.3, -0.25) is 9.59 Å². The van der Waals surface area contributed by atoms with E-state index < -0.39 is 0 Å². The van der Waals surface area contributed by atoms with Gasteiger partial charge in [-0.05, 0) is 19.3 Å². The SMILES string of the molecule is C[C@@H](CC(=O)NC1CCC1)C(=O)NCCN. The molecule has 0 aromatic rings. The lowest BCUT2D eigenvalue weighted by atomic mass is 9.93. The molecule has 0 aromatic carbocycles. The van der Waals surface area contributed by atoms with Gasteiger partial charge in [-0.2, -0.15) is 0 Å². The van der Waals surface area contributed by atoms with Gasteiger partial charge in [0, 0.05) is 31.5 Å². The topological polar surface area (TPSA) is 84.2 Å². The van der Waals surface area contributed by atoms with E-state index >= 15 is 0 Å². The summed E-state index contributed by atoms with van der Waals surface area (Å²) in [5.74, 6) is -0.416. The highest BCUT2D eigenvalue weighted by Crippen LogP contribution is 2.18. The molecule has 5 nitrogen and oxygen atoms in total. The van der Waals surface area contributed by atoms with E-state index in [2.05, 4.69) is 10.6 Å².